The van der Waals surface area contributed by atoms with Crippen molar-refractivity contribution < 1.29 is 21.6 Å². The Hall–Kier alpha value is -1.54. The zero-order valence-electron chi connectivity index (χ0n) is 10.0. The van der Waals surface area contributed by atoms with Gasteiger partial charge in [-0.2, -0.15) is 18.3 Å². The molecular formula is C11H8ClF3N2O2S. The van der Waals surface area contributed by atoms with Crippen molar-refractivity contribution in [3.63, 3.8) is 0 Å². The highest BCUT2D eigenvalue weighted by Gasteiger charge is 2.30. The summed E-state index contributed by atoms with van der Waals surface area (Å²) < 4.78 is 61.0. The predicted molar refractivity (Wildman–Crippen MR) is 66.3 cm³/mol. The third-order valence-corrected chi connectivity index (χ3v) is 4.09. The molecule has 4 nitrogen and oxygen atoms in total. The van der Waals surface area contributed by atoms with Gasteiger partial charge in [0.1, 0.15) is 4.90 Å². The van der Waals surface area contributed by atoms with E-state index in [1.807, 2.05) is 0 Å². The highest BCUT2D eigenvalue weighted by Crippen LogP contribution is 2.30. The Labute approximate surface area is 117 Å². The Morgan fingerprint density at radius 1 is 1.20 bits per heavy atom. The van der Waals surface area contributed by atoms with Crippen LogP contribution < -0.4 is 0 Å². The molecule has 1 aromatic heterocycles. The summed E-state index contributed by atoms with van der Waals surface area (Å²) in [7, 11) is 1.28. The molecule has 9 heteroatoms. The van der Waals surface area contributed by atoms with Crippen molar-refractivity contribution >= 4 is 19.7 Å². The fourth-order valence-corrected chi connectivity index (χ4v) is 2.75. The van der Waals surface area contributed by atoms with Crippen LogP contribution in [0.15, 0.2) is 35.4 Å². The average Bonchev–Trinajstić information content (AvgIpc) is 2.70. The number of nitrogens with zero attached hydrogens (tertiary/aromatic N) is 2. The largest absolute Gasteiger partial charge is 0.416 e. The van der Waals surface area contributed by atoms with E-state index in [1.54, 1.807) is 0 Å². The molecule has 0 radical (unpaired) electrons. The van der Waals surface area contributed by atoms with Crippen LogP contribution in [0.2, 0.25) is 0 Å². The van der Waals surface area contributed by atoms with Gasteiger partial charge in [-0.05, 0) is 31.2 Å². The molecule has 1 heterocycles. The molecule has 0 unspecified atom stereocenters. The van der Waals surface area contributed by atoms with E-state index in [2.05, 4.69) is 5.10 Å². The minimum Gasteiger partial charge on any atom is -0.237 e. The van der Waals surface area contributed by atoms with Crippen molar-refractivity contribution in [2.24, 2.45) is 0 Å². The second-order valence-corrected chi connectivity index (χ2v) is 6.52. The Bertz CT molecular complexity index is 736. The second-order valence-electron chi connectivity index (χ2n) is 3.99. The molecule has 0 spiro atoms. The fraction of sp³-hybridized carbons (Fsp3) is 0.182. The summed E-state index contributed by atoms with van der Waals surface area (Å²) in [5.41, 5.74) is -0.266. The van der Waals surface area contributed by atoms with Gasteiger partial charge in [0.25, 0.3) is 9.05 Å². The van der Waals surface area contributed by atoms with Crippen LogP contribution in [0.1, 0.15) is 11.3 Å². The van der Waals surface area contributed by atoms with Gasteiger partial charge in [0, 0.05) is 10.7 Å². The van der Waals surface area contributed by atoms with Gasteiger partial charge in [-0.25, -0.2) is 13.1 Å². The van der Waals surface area contributed by atoms with Crippen molar-refractivity contribution in [1.29, 1.82) is 0 Å². The third kappa shape index (κ3) is 2.80. The van der Waals surface area contributed by atoms with Crippen molar-refractivity contribution in [3.05, 3.63) is 41.7 Å². The van der Waals surface area contributed by atoms with Crippen molar-refractivity contribution in [1.82, 2.24) is 9.78 Å². The first kappa shape index (κ1) is 14.9. The molecule has 0 atom stereocenters. The van der Waals surface area contributed by atoms with Crippen LogP contribution in [0.25, 0.3) is 5.69 Å². The Morgan fingerprint density at radius 2 is 1.75 bits per heavy atom. The monoisotopic (exact) mass is 324 g/mol. The van der Waals surface area contributed by atoms with E-state index in [9.17, 15) is 21.6 Å². The number of hydrogen-bond donors (Lipinski definition) is 0. The highest BCUT2D eigenvalue weighted by atomic mass is 35.7. The minimum absolute atomic E-state index is 0.181. The number of aromatic nitrogens is 2. The molecule has 0 aliphatic carbocycles. The summed E-state index contributed by atoms with van der Waals surface area (Å²) in [5, 5.41) is 3.82. The fourth-order valence-electron chi connectivity index (χ4n) is 1.69. The van der Waals surface area contributed by atoms with E-state index in [-0.39, 0.29) is 10.6 Å². The lowest BCUT2D eigenvalue weighted by Gasteiger charge is -2.08. The standard InChI is InChI=1S/C11H8ClF3N2O2S/c1-7-10(20(12,18)19)6-16-17(7)9-4-2-8(3-5-9)11(13,14)15/h2-6H,1H3. The molecule has 0 fully saturated rings. The first-order valence-corrected chi connectivity index (χ1v) is 7.58. The number of alkyl halides is 3. The van der Waals surface area contributed by atoms with E-state index in [0.717, 1.165) is 18.3 Å². The van der Waals surface area contributed by atoms with E-state index in [1.165, 1.54) is 23.7 Å². The van der Waals surface area contributed by atoms with Crippen molar-refractivity contribution in [2.45, 2.75) is 18.0 Å². The van der Waals surface area contributed by atoms with Crippen LogP contribution in [0.4, 0.5) is 13.2 Å². The van der Waals surface area contributed by atoms with Crippen LogP contribution in [0, 0.1) is 6.92 Å². The van der Waals surface area contributed by atoms with Crippen LogP contribution in [-0.2, 0) is 15.2 Å². The summed E-state index contributed by atoms with van der Waals surface area (Å²) in [6.45, 7) is 1.46. The lowest BCUT2D eigenvalue weighted by Crippen LogP contribution is -2.06. The maximum atomic E-state index is 12.4. The zero-order chi connectivity index (χ0) is 15.1. The highest BCUT2D eigenvalue weighted by molar-refractivity contribution is 8.13. The molecule has 0 saturated heterocycles. The lowest BCUT2D eigenvalue weighted by atomic mass is 10.2. The molecule has 2 rings (SSSR count). The van der Waals surface area contributed by atoms with Crippen molar-refractivity contribution in [2.75, 3.05) is 0 Å². The molecule has 0 amide bonds. The Balaban J connectivity index is 2.46. The van der Waals surface area contributed by atoms with Crippen LogP contribution in [0.3, 0.4) is 0 Å². The lowest BCUT2D eigenvalue weighted by molar-refractivity contribution is -0.137. The van der Waals surface area contributed by atoms with Gasteiger partial charge in [-0.1, -0.05) is 0 Å². The summed E-state index contributed by atoms with van der Waals surface area (Å²) in [5.74, 6) is 0. The van der Waals surface area contributed by atoms with Gasteiger partial charge in [-0.15, -0.1) is 0 Å². The number of hydrogen-bond acceptors (Lipinski definition) is 3. The second kappa shape index (κ2) is 4.78. The van der Waals surface area contributed by atoms with E-state index >= 15 is 0 Å². The maximum absolute atomic E-state index is 12.4. The van der Waals surface area contributed by atoms with Crippen LogP contribution in [0.5, 0.6) is 0 Å². The number of rotatable bonds is 2. The molecule has 0 bridgehead atoms. The summed E-state index contributed by atoms with van der Waals surface area (Å²) in [6, 6.07) is 4.19. The Morgan fingerprint density at radius 3 is 2.15 bits per heavy atom. The van der Waals surface area contributed by atoms with Crippen molar-refractivity contribution in [3.8, 4) is 5.69 Å². The van der Waals surface area contributed by atoms with E-state index < -0.39 is 20.8 Å². The van der Waals surface area contributed by atoms with Gasteiger partial charge in [0.2, 0.25) is 0 Å². The Kier molecular flexibility index (Phi) is 3.55. The van der Waals surface area contributed by atoms with Gasteiger partial charge >= 0.3 is 6.18 Å². The molecular weight excluding hydrogens is 317 g/mol. The first-order chi connectivity index (χ1) is 9.10. The topological polar surface area (TPSA) is 52.0 Å². The molecule has 108 valence electrons. The van der Waals surface area contributed by atoms with Crippen LogP contribution >= 0.6 is 10.7 Å². The molecule has 1 aromatic carbocycles. The molecule has 20 heavy (non-hydrogen) atoms. The zero-order valence-corrected chi connectivity index (χ0v) is 11.6. The SMILES string of the molecule is Cc1c(S(=O)(=O)Cl)cnn1-c1ccc(C(F)(F)F)cc1. The van der Waals surface area contributed by atoms with Gasteiger partial charge in [0.15, 0.2) is 0 Å². The van der Waals surface area contributed by atoms with Crippen LogP contribution in [-0.4, -0.2) is 18.2 Å². The summed E-state index contributed by atoms with van der Waals surface area (Å²) >= 11 is 0. The average molecular weight is 325 g/mol. The normalized spacial score (nSPS) is 12.7. The maximum Gasteiger partial charge on any atom is 0.416 e. The molecule has 0 N–H and O–H groups in total. The minimum atomic E-state index is -4.43. The summed E-state index contributed by atoms with van der Waals surface area (Å²) in [4.78, 5) is -0.181. The number of halogens is 4. The van der Waals surface area contributed by atoms with Gasteiger partial charge in [-0.3, -0.25) is 0 Å². The smallest absolute Gasteiger partial charge is 0.237 e. The van der Waals surface area contributed by atoms with Gasteiger partial charge in [0.05, 0.1) is 23.1 Å². The molecule has 0 aliphatic rings. The molecule has 2 aromatic rings. The first-order valence-electron chi connectivity index (χ1n) is 5.27. The quantitative estimate of drug-likeness (QED) is 0.797. The van der Waals surface area contributed by atoms with Gasteiger partial charge < -0.3 is 0 Å². The van der Waals surface area contributed by atoms with E-state index in [4.69, 9.17) is 10.7 Å². The van der Waals surface area contributed by atoms with E-state index in [0.29, 0.717) is 5.69 Å². The number of benzene rings is 1. The summed E-state index contributed by atoms with van der Waals surface area (Å²) in [6.07, 6.45) is -3.38. The third-order valence-electron chi connectivity index (χ3n) is 2.67. The molecule has 0 saturated carbocycles. The predicted octanol–water partition coefficient (Wildman–Crippen LogP) is 3.13. The molecule has 0 aliphatic heterocycles.